The molecule has 0 atom stereocenters. The normalized spacial score (nSPS) is 16.4. The average Bonchev–Trinajstić information content (AvgIpc) is 3.23. The van der Waals surface area contributed by atoms with Gasteiger partial charge in [-0.1, -0.05) is 23.2 Å². The Morgan fingerprint density at radius 3 is 2.83 bits per heavy atom. The van der Waals surface area contributed by atoms with Crippen LogP contribution in [0.2, 0.25) is 10.2 Å². The summed E-state index contributed by atoms with van der Waals surface area (Å²) in [7, 11) is 0. The molecule has 0 radical (unpaired) electrons. The van der Waals surface area contributed by atoms with Crippen molar-refractivity contribution in [3.8, 4) is 17.1 Å². The molecule has 5 rings (SSSR count). The zero-order valence-electron chi connectivity index (χ0n) is 15.8. The van der Waals surface area contributed by atoms with Crippen LogP contribution in [0.1, 0.15) is 18.4 Å². The number of aromatic nitrogens is 5. The van der Waals surface area contributed by atoms with E-state index < -0.39 is 0 Å². The van der Waals surface area contributed by atoms with Crippen molar-refractivity contribution >= 4 is 29.1 Å². The molecule has 2 aromatic heterocycles. The molecule has 150 valence electrons. The largest absolute Gasteiger partial charge is 0.341 e. The van der Waals surface area contributed by atoms with Crippen LogP contribution in [0.4, 0.5) is 0 Å². The van der Waals surface area contributed by atoms with E-state index in [1.165, 1.54) is 0 Å². The van der Waals surface area contributed by atoms with Gasteiger partial charge in [0.1, 0.15) is 6.33 Å². The molecule has 0 unspecified atom stereocenters. The number of fused-ring (bicyclic) bond motifs is 5. The smallest absolute Gasteiger partial charge is 0.236 e. The Bertz CT molecular complexity index is 1110. The number of likely N-dealkylation sites (N-methyl/N-ethyl adjacent to an activating group) is 1. The van der Waals surface area contributed by atoms with Crippen molar-refractivity contribution in [2.45, 2.75) is 20.0 Å². The topological polar surface area (TPSA) is 72.1 Å². The predicted octanol–water partition coefficient (Wildman–Crippen LogP) is 2.46. The van der Waals surface area contributed by atoms with Crippen LogP contribution in [-0.4, -0.2) is 66.2 Å². The summed E-state index contributed by atoms with van der Waals surface area (Å²) in [5.74, 6) is 1.55. The predicted molar refractivity (Wildman–Crippen MR) is 109 cm³/mol. The monoisotopic (exact) mass is 431 g/mol. The molecule has 1 amide bonds. The number of piperazine rings is 1. The maximum absolute atomic E-state index is 12.2. The molecule has 4 heterocycles. The van der Waals surface area contributed by atoms with Gasteiger partial charge in [0.05, 0.1) is 31.0 Å². The zero-order valence-corrected chi connectivity index (χ0v) is 17.4. The number of nitrogens with zero attached hydrogens (tertiary/aromatic N) is 7. The van der Waals surface area contributed by atoms with Crippen molar-refractivity contribution in [3.05, 3.63) is 46.2 Å². The molecule has 1 aromatic carbocycles. The fourth-order valence-electron chi connectivity index (χ4n) is 3.93. The van der Waals surface area contributed by atoms with Gasteiger partial charge < -0.3 is 4.90 Å². The highest BCUT2D eigenvalue weighted by Crippen LogP contribution is 2.34. The number of hydrogen-bond donors (Lipinski definition) is 0. The summed E-state index contributed by atoms with van der Waals surface area (Å²) in [6.45, 7) is 5.65. The van der Waals surface area contributed by atoms with E-state index in [1.807, 2.05) is 39.3 Å². The fourth-order valence-corrected chi connectivity index (χ4v) is 4.30. The molecule has 10 heteroatoms. The summed E-state index contributed by atoms with van der Waals surface area (Å²) in [5.41, 5.74) is 2.63. The second kappa shape index (κ2) is 7.12. The molecule has 0 N–H and O–H groups in total. The summed E-state index contributed by atoms with van der Waals surface area (Å²) >= 11 is 12.6. The summed E-state index contributed by atoms with van der Waals surface area (Å²) in [5, 5.41) is 5.78. The number of carbonyl (C=O) groups excluding carboxylic acids is 1. The molecular weight excluding hydrogens is 413 g/mol. The third-order valence-electron chi connectivity index (χ3n) is 5.43. The number of imidazole rings is 1. The molecule has 1 fully saturated rings. The van der Waals surface area contributed by atoms with Crippen LogP contribution in [-0.2, 0) is 17.9 Å². The minimum absolute atomic E-state index is 0.146. The van der Waals surface area contributed by atoms with Gasteiger partial charge in [-0.2, -0.15) is 5.10 Å². The number of carbonyl (C=O) groups is 1. The molecule has 2 aliphatic heterocycles. The Morgan fingerprint density at radius 1 is 1.17 bits per heavy atom. The van der Waals surface area contributed by atoms with Gasteiger partial charge in [-0.25, -0.2) is 14.6 Å². The van der Waals surface area contributed by atoms with Gasteiger partial charge in [0.15, 0.2) is 16.8 Å². The number of rotatable bonds is 3. The van der Waals surface area contributed by atoms with Crippen LogP contribution < -0.4 is 0 Å². The molecule has 0 spiro atoms. The minimum atomic E-state index is 0.146. The van der Waals surface area contributed by atoms with Gasteiger partial charge in [0.2, 0.25) is 5.91 Å². The van der Waals surface area contributed by atoms with E-state index in [4.69, 9.17) is 33.3 Å². The lowest BCUT2D eigenvalue weighted by Gasteiger charge is -2.32. The highest BCUT2D eigenvalue weighted by molar-refractivity contribution is 6.31. The van der Waals surface area contributed by atoms with Crippen molar-refractivity contribution in [1.82, 2.24) is 34.1 Å². The fraction of sp³-hybridized carbons (Fsp3) is 0.368. The Morgan fingerprint density at radius 2 is 2.03 bits per heavy atom. The molecule has 3 aromatic rings. The number of halogens is 2. The SMILES string of the molecule is CCN1CCN(Cc2nc3n(n2)Cc2c(Cl)ncn2-c2ccc(Cl)cc2-3)CC1=O. The Balaban J connectivity index is 1.51. The standard InChI is InChI=1S/C19H19Cl2N7O/c1-2-26-6-5-25(10-17(26)29)9-16-23-19-13-7-12(20)3-4-14(13)27-11-22-18(21)15(27)8-28(19)24-16/h3-4,7,11H,2,5-6,8-10H2,1H3. The lowest BCUT2D eigenvalue weighted by molar-refractivity contribution is -0.135. The molecule has 29 heavy (non-hydrogen) atoms. The van der Waals surface area contributed by atoms with Crippen molar-refractivity contribution < 1.29 is 4.79 Å². The van der Waals surface area contributed by atoms with E-state index in [1.54, 1.807) is 6.33 Å². The molecule has 0 saturated carbocycles. The van der Waals surface area contributed by atoms with Gasteiger partial charge in [-0.15, -0.1) is 0 Å². The second-order valence-corrected chi connectivity index (χ2v) is 8.00. The molecule has 0 bridgehead atoms. The molecule has 2 aliphatic rings. The van der Waals surface area contributed by atoms with Crippen LogP contribution in [0, 0.1) is 0 Å². The highest BCUT2D eigenvalue weighted by Gasteiger charge is 2.27. The van der Waals surface area contributed by atoms with Gasteiger partial charge in [0.25, 0.3) is 0 Å². The van der Waals surface area contributed by atoms with Gasteiger partial charge in [0, 0.05) is 30.2 Å². The zero-order chi connectivity index (χ0) is 20.1. The second-order valence-electron chi connectivity index (χ2n) is 7.21. The van der Waals surface area contributed by atoms with Crippen molar-refractivity contribution in [3.63, 3.8) is 0 Å². The van der Waals surface area contributed by atoms with E-state index in [9.17, 15) is 4.79 Å². The summed E-state index contributed by atoms with van der Waals surface area (Å²) in [6.07, 6.45) is 1.70. The van der Waals surface area contributed by atoms with Gasteiger partial charge in [-0.05, 0) is 25.1 Å². The third kappa shape index (κ3) is 3.21. The molecular formula is C19H19Cl2N7O. The van der Waals surface area contributed by atoms with E-state index >= 15 is 0 Å². The Labute approximate surface area is 177 Å². The first kappa shape index (κ1) is 18.6. The first-order chi connectivity index (χ1) is 14.0. The molecule has 0 aliphatic carbocycles. The molecule has 8 nitrogen and oxygen atoms in total. The number of benzene rings is 1. The van der Waals surface area contributed by atoms with E-state index in [0.29, 0.717) is 35.6 Å². The van der Waals surface area contributed by atoms with Crippen molar-refractivity contribution in [2.75, 3.05) is 26.2 Å². The van der Waals surface area contributed by atoms with E-state index in [2.05, 4.69) is 9.88 Å². The minimum Gasteiger partial charge on any atom is -0.341 e. The summed E-state index contributed by atoms with van der Waals surface area (Å²) in [4.78, 5) is 25.2. The summed E-state index contributed by atoms with van der Waals surface area (Å²) in [6, 6.07) is 5.66. The Hall–Kier alpha value is -2.42. The third-order valence-corrected chi connectivity index (χ3v) is 5.98. The van der Waals surface area contributed by atoms with Crippen LogP contribution >= 0.6 is 23.2 Å². The lowest BCUT2D eigenvalue weighted by Crippen LogP contribution is -2.49. The first-order valence-corrected chi connectivity index (χ1v) is 10.2. The number of hydrogen-bond acceptors (Lipinski definition) is 5. The highest BCUT2D eigenvalue weighted by atomic mass is 35.5. The first-order valence-electron chi connectivity index (χ1n) is 9.49. The van der Waals surface area contributed by atoms with Crippen molar-refractivity contribution in [1.29, 1.82) is 0 Å². The maximum Gasteiger partial charge on any atom is 0.236 e. The maximum atomic E-state index is 12.2. The Kier molecular flexibility index (Phi) is 4.57. The summed E-state index contributed by atoms with van der Waals surface area (Å²) < 4.78 is 3.79. The van der Waals surface area contributed by atoms with Crippen LogP contribution in [0.5, 0.6) is 0 Å². The van der Waals surface area contributed by atoms with Crippen molar-refractivity contribution in [2.24, 2.45) is 0 Å². The van der Waals surface area contributed by atoms with Gasteiger partial charge >= 0.3 is 0 Å². The van der Waals surface area contributed by atoms with Gasteiger partial charge in [-0.3, -0.25) is 14.3 Å². The number of amides is 1. The quantitative estimate of drug-likeness (QED) is 0.498. The van der Waals surface area contributed by atoms with Crippen LogP contribution in [0.15, 0.2) is 24.5 Å². The average molecular weight is 432 g/mol. The van der Waals surface area contributed by atoms with Crippen LogP contribution in [0.3, 0.4) is 0 Å². The van der Waals surface area contributed by atoms with E-state index in [-0.39, 0.29) is 5.91 Å². The van der Waals surface area contributed by atoms with Crippen LogP contribution in [0.25, 0.3) is 17.1 Å². The molecule has 1 saturated heterocycles. The lowest BCUT2D eigenvalue weighted by atomic mass is 10.1. The van der Waals surface area contributed by atoms with E-state index in [0.717, 1.165) is 42.4 Å².